The van der Waals surface area contributed by atoms with Crippen molar-refractivity contribution in [3.05, 3.63) is 0 Å². The third-order valence-electron chi connectivity index (χ3n) is 3.20. The molecule has 5 nitrogen and oxygen atoms in total. The van der Waals surface area contributed by atoms with Crippen LogP contribution in [0, 0.1) is 11.3 Å². The van der Waals surface area contributed by atoms with Gasteiger partial charge in [-0.3, -0.25) is 4.79 Å². The highest BCUT2D eigenvalue weighted by molar-refractivity contribution is 7.88. The van der Waals surface area contributed by atoms with Gasteiger partial charge in [0.05, 0.1) is 12.2 Å². The summed E-state index contributed by atoms with van der Waals surface area (Å²) in [7, 11) is -3.07. The van der Waals surface area contributed by atoms with Crippen molar-refractivity contribution in [1.82, 2.24) is 4.31 Å². The van der Waals surface area contributed by atoms with E-state index in [1.54, 1.807) is 0 Å². The molecule has 1 aliphatic carbocycles. The summed E-state index contributed by atoms with van der Waals surface area (Å²) in [6, 6.07) is 0. The minimum atomic E-state index is -3.07. The van der Waals surface area contributed by atoms with Crippen LogP contribution in [0.5, 0.6) is 0 Å². The van der Waals surface area contributed by atoms with Crippen molar-refractivity contribution < 1.29 is 18.3 Å². The molecule has 1 saturated carbocycles. The summed E-state index contributed by atoms with van der Waals surface area (Å²) in [4.78, 5) is 10.6. The van der Waals surface area contributed by atoms with Crippen molar-refractivity contribution in [2.75, 3.05) is 19.3 Å². The number of carbonyl (C=O) groups is 1. The van der Waals surface area contributed by atoms with Gasteiger partial charge in [-0.2, -0.15) is 0 Å². The zero-order valence-corrected chi connectivity index (χ0v) is 8.75. The Bertz CT molecular complexity index is 361. The quantitative estimate of drug-likeness (QED) is 0.694. The van der Waals surface area contributed by atoms with Gasteiger partial charge in [-0.1, -0.05) is 0 Å². The molecule has 1 saturated heterocycles. The number of rotatable bonds is 2. The highest BCUT2D eigenvalue weighted by Crippen LogP contribution is 2.52. The molecule has 0 atom stereocenters. The van der Waals surface area contributed by atoms with E-state index < -0.39 is 16.0 Å². The fourth-order valence-corrected chi connectivity index (χ4v) is 3.37. The number of hydrogen-bond donors (Lipinski definition) is 1. The normalized spacial score (nSPS) is 26.9. The van der Waals surface area contributed by atoms with Gasteiger partial charge in [0.15, 0.2) is 0 Å². The summed E-state index contributed by atoms with van der Waals surface area (Å²) < 4.78 is 23.5. The van der Waals surface area contributed by atoms with Crippen molar-refractivity contribution in [1.29, 1.82) is 0 Å². The minimum absolute atomic E-state index is 0.00780. The number of carboxylic acids is 1. The molecule has 0 amide bonds. The summed E-state index contributed by atoms with van der Waals surface area (Å²) in [5.41, 5.74) is -0.00780. The van der Waals surface area contributed by atoms with Crippen molar-refractivity contribution in [3.63, 3.8) is 0 Å². The lowest BCUT2D eigenvalue weighted by Gasteiger charge is -2.56. The van der Waals surface area contributed by atoms with Crippen LogP contribution in [0.25, 0.3) is 0 Å². The molecule has 80 valence electrons. The van der Waals surface area contributed by atoms with Crippen LogP contribution in [0.3, 0.4) is 0 Å². The third kappa shape index (κ3) is 1.42. The zero-order valence-electron chi connectivity index (χ0n) is 7.93. The van der Waals surface area contributed by atoms with Crippen LogP contribution in [-0.2, 0) is 14.8 Å². The van der Waals surface area contributed by atoms with Gasteiger partial charge in [0.1, 0.15) is 0 Å². The molecule has 2 aliphatic rings. The van der Waals surface area contributed by atoms with Crippen LogP contribution in [0.1, 0.15) is 12.8 Å². The van der Waals surface area contributed by atoms with Gasteiger partial charge in [0.25, 0.3) is 0 Å². The minimum Gasteiger partial charge on any atom is -0.481 e. The summed E-state index contributed by atoms with van der Waals surface area (Å²) >= 11 is 0. The van der Waals surface area contributed by atoms with E-state index in [1.165, 1.54) is 10.6 Å². The Balaban J connectivity index is 1.88. The van der Waals surface area contributed by atoms with Crippen LogP contribution in [0.4, 0.5) is 0 Å². The van der Waals surface area contributed by atoms with Crippen LogP contribution in [-0.4, -0.2) is 43.1 Å². The van der Waals surface area contributed by atoms with Gasteiger partial charge in [-0.25, -0.2) is 12.7 Å². The number of hydrogen-bond acceptors (Lipinski definition) is 3. The van der Waals surface area contributed by atoms with Crippen molar-refractivity contribution in [2.24, 2.45) is 11.3 Å². The Labute approximate surface area is 82.8 Å². The predicted octanol–water partition coefficient (Wildman–Crippen LogP) is -0.257. The highest BCUT2D eigenvalue weighted by atomic mass is 32.2. The van der Waals surface area contributed by atoms with E-state index in [0.29, 0.717) is 25.9 Å². The van der Waals surface area contributed by atoms with E-state index in [1.807, 2.05) is 0 Å². The monoisotopic (exact) mass is 219 g/mol. The second kappa shape index (κ2) is 2.70. The van der Waals surface area contributed by atoms with Crippen LogP contribution >= 0.6 is 0 Å². The molecule has 1 aliphatic heterocycles. The Kier molecular flexibility index (Phi) is 1.91. The fourth-order valence-electron chi connectivity index (χ4n) is 2.35. The standard InChI is InChI=1S/C8H13NO4S/c1-14(12,13)9-4-8(5-9)2-6(3-8)7(10)11/h6H,2-5H2,1H3,(H,10,11). The SMILES string of the molecule is CS(=O)(=O)N1CC2(CC(C(=O)O)C2)C1. The van der Waals surface area contributed by atoms with E-state index in [9.17, 15) is 13.2 Å². The van der Waals surface area contributed by atoms with E-state index in [2.05, 4.69) is 0 Å². The maximum Gasteiger partial charge on any atom is 0.306 e. The second-order valence-corrected chi connectivity index (χ2v) is 6.46. The maximum absolute atomic E-state index is 11.1. The summed E-state index contributed by atoms with van der Waals surface area (Å²) in [5, 5.41) is 8.68. The number of sulfonamides is 1. The molecule has 6 heteroatoms. The van der Waals surface area contributed by atoms with Crippen molar-refractivity contribution >= 4 is 16.0 Å². The Morgan fingerprint density at radius 3 is 2.29 bits per heavy atom. The first-order valence-electron chi connectivity index (χ1n) is 4.50. The molecule has 1 spiro atoms. The van der Waals surface area contributed by atoms with Crippen LogP contribution in [0.2, 0.25) is 0 Å². The lowest BCUT2D eigenvalue weighted by molar-refractivity contribution is -0.155. The Morgan fingerprint density at radius 2 is 1.93 bits per heavy atom. The van der Waals surface area contributed by atoms with Crippen LogP contribution < -0.4 is 0 Å². The molecule has 14 heavy (non-hydrogen) atoms. The van der Waals surface area contributed by atoms with Gasteiger partial charge in [0, 0.05) is 13.1 Å². The Hall–Kier alpha value is -0.620. The van der Waals surface area contributed by atoms with E-state index in [0.717, 1.165) is 0 Å². The van der Waals surface area contributed by atoms with E-state index in [4.69, 9.17) is 5.11 Å². The first kappa shape index (κ1) is 9.92. The first-order valence-corrected chi connectivity index (χ1v) is 6.35. The highest BCUT2D eigenvalue weighted by Gasteiger charge is 2.56. The van der Waals surface area contributed by atoms with E-state index in [-0.39, 0.29) is 11.3 Å². The zero-order chi connectivity index (χ0) is 10.6. The average molecular weight is 219 g/mol. The van der Waals surface area contributed by atoms with E-state index >= 15 is 0 Å². The molecule has 0 bridgehead atoms. The molecular weight excluding hydrogens is 206 g/mol. The molecule has 0 radical (unpaired) electrons. The number of nitrogens with zero attached hydrogens (tertiary/aromatic N) is 1. The molecule has 1 heterocycles. The molecular formula is C8H13NO4S. The van der Waals surface area contributed by atoms with Gasteiger partial charge < -0.3 is 5.11 Å². The smallest absolute Gasteiger partial charge is 0.306 e. The Morgan fingerprint density at radius 1 is 1.43 bits per heavy atom. The average Bonchev–Trinajstić information content (AvgIpc) is 1.74. The lowest BCUT2D eigenvalue weighted by atomic mass is 9.58. The lowest BCUT2D eigenvalue weighted by Crippen LogP contribution is -2.64. The maximum atomic E-state index is 11.1. The summed E-state index contributed by atoms with van der Waals surface area (Å²) in [6.07, 6.45) is 2.45. The van der Waals surface area contributed by atoms with Crippen molar-refractivity contribution in [3.8, 4) is 0 Å². The second-order valence-electron chi connectivity index (χ2n) is 4.47. The molecule has 2 rings (SSSR count). The fraction of sp³-hybridized carbons (Fsp3) is 0.875. The summed E-state index contributed by atoms with van der Waals surface area (Å²) in [6.45, 7) is 1.02. The predicted molar refractivity (Wildman–Crippen MR) is 49.2 cm³/mol. The number of aliphatic carboxylic acids is 1. The van der Waals surface area contributed by atoms with Gasteiger partial charge >= 0.3 is 5.97 Å². The molecule has 0 aromatic carbocycles. The molecule has 2 fully saturated rings. The molecule has 0 aromatic heterocycles. The van der Waals surface area contributed by atoms with Gasteiger partial charge in [0.2, 0.25) is 10.0 Å². The van der Waals surface area contributed by atoms with Gasteiger partial charge in [-0.15, -0.1) is 0 Å². The largest absolute Gasteiger partial charge is 0.481 e. The first-order chi connectivity index (χ1) is 6.32. The van der Waals surface area contributed by atoms with Crippen molar-refractivity contribution in [2.45, 2.75) is 12.8 Å². The topological polar surface area (TPSA) is 74.7 Å². The number of carboxylic acid groups (broad SMARTS) is 1. The van der Waals surface area contributed by atoms with Crippen LogP contribution in [0.15, 0.2) is 0 Å². The van der Waals surface area contributed by atoms with Gasteiger partial charge in [-0.05, 0) is 18.3 Å². The molecule has 0 aromatic rings. The summed E-state index contributed by atoms with van der Waals surface area (Å²) in [5.74, 6) is -1.01. The third-order valence-corrected chi connectivity index (χ3v) is 4.40. The molecule has 0 unspecified atom stereocenters. The molecule has 1 N–H and O–H groups in total.